The van der Waals surface area contributed by atoms with E-state index < -0.39 is 0 Å². The van der Waals surface area contributed by atoms with Crippen molar-refractivity contribution in [1.82, 2.24) is 14.5 Å². The van der Waals surface area contributed by atoms with Gasteiger partial charge in [-0.15, -0.1) is 0 Å². The Morgan fingerprint density at radius 3 is 2.38 bits per heavy atom. The van der Waals surface area contributed by atoms with Gasteiger partial charge in [0.05, 0.1) is 11.3 Å². The molecule has 0 aliphatic rings. The van der Waals surface area contributed by atoms with Crippen LogP contribution in [-0.2, 0) is 7.05 Å². The molecule has 0 aliphatic carbocycles. The Morgan fingerprint density at radius 1 is 1.00 bits per heavy atom. The molecule has 0 bridgehead atoms. The number of hydrogen-bond donors (Lipinski definition) is 2. The Balaban J connectivity index is 1.68. The molecular weight excluding hydrogens is 405 g/mol. The highest BCUT2D eigenvalue weighted by molar-refractivity contribution is 5.80. The quantitative estimate of drug-likeness (QED) is 0.461. The number of nitrogens with one attached hydrogen (secondary N) is 1. The predicted octanol–water partition coefficient (Wildman–Crippen LogP) is 4.15. The molecule has 2 heterocycles. The molecule has 1 atom stereocenters. The zero-order chi connectivity index (χ0) is 22.5. The van der Waals surface area contributed by atoms with Crippen molar-refractivity contribution in [1.29, 1.82) is 0 Å². The van der Waals surface area contributed by atoms with Crippen LogP contribution in [0.5, 0.6) is 0 Å². The maximum atomic E-state index is 13.5. The molecule has 2 aromatic heterocycles. The third-order valence-electron chi connectivity index (χ3n) is 5.34. The van der Waals surface area contributed by atoms with Crippen LogP contribution in [-0.4, -0.2) is 21.1 Å². The van der Waals surface area contributed by atoms with Crippen molar-refractivity contribution in [3.8, 4) is 22.4 Å². The number of anilines is 1. The molecule has 6 nitrogen and oxygen atoms in total. The van der Waals surface area contributed by atoms with Crippen LogP contribution >= 0.6 is 0 Å². The number of hydrogen-bond acceptors (Lipinski definition) is 5. The SMILES string of the molecule is Cn1c(NCCC(N)c2ccccc2)nc(-c2ccncc2)c(-c2ccc(F)cc2)c1=O. The van der Waals surface area contributed by atoms with Crippen molar-refractivity contribution in [2.75, 3.05) is 11.9 Å². The van der Waals surface area contributed by atoms with Gasteiger partial charge in [0.2, 0.25) is 5.95 Å². The van der Waals surface area contributed by atoms with E-state index in [9.17, 15) is 9.18 Å². The number of nitrogens with zero attached hydrogens (tertiary/aromatic N) is 3. The Morgan fingerprint density at radius 2 is 1.69 bits per heavy atom. The zero-order valence-corrected chi connectivity index (χ0v) is 17.7. The van der Waals surface area contributed by atoms with Crippen molar-refractivity contribution in [3.05, 3.63) is 101 Å². The van der Waals surface area contributed by atoms with Crippen molar-refractivity contribution in [2.45, 2.75) is 12.5 Å². The van der Waals surface area contributed by atoms with Gasteiger partial charge in [-0.3, -0.25) is 14.3 Å². The lowest BCUT2D eigenvalue weighted by Crippen LogP contribution is -2.26. The van der Waals surface area contributed by atoms with E-state index in [2.05, 4.69) is 10.3 Å². The summed E-state index contributed by atoms with van der Waals surface area (Å²) < 4.78 is 14.9. The second-order valence-corrected chi connectivity index (χ2v) is 7.50. The average Bonchev–Trinajstić information content (AvgIpc) is 2.83. The third kappa shape index (κ3) is 4.58. The van der Waals surface area contributed by atoms with Crippen molar-refractivity contribution >= 4 is 5.95 Å². The molecule has 4 rings (SSSR count). The van der Waals surface area contributed by atoms with E-state index in [-0.39, 0.29) is 17.4 Å². The van der Waals surface area contributed by atoms with Gasteiger partial charge in [-0.05, 0) is 41.8 Å². The molecule has 0 saturated heterocycles. The van der Waals surface area contributed by atoms with E-state index >= 15 is 0 Å². The summed E-state index contributed by atoms with van der Waals surface area (Å²) in [6, 6.07) is 19.2. The molecular formula is C25H24FN5O. The molecule has 4 aromatic rings. The molecule has 0 aliphatic heterocycles. The van der Waals surface area contributed by atoms with Crippen LogP contribution in [0.2, 0.25) is 0 Å². The van der Waals surface area contributed by atoms with Crippen LogP contribution in [0.15, 0.2) is 83.9 Å². The van der Waals surface area contributed by atoms with Gasteiger partial charge < -0.3 is 11.1 Å². The molecule has 3 N–H and O–H groups in total. The highest BCUT2D eigenvalue weighted by Crippen LogP contribution is 2.28. The minimum atomic E-state index is -0.364. The first-order valence-corrected chi connectivity index (χ1v) is 10.4. The summed E-state index contributed by atoms with van der Waals surface area (Å²) in [6.45, 7) is 0.544. The van der Waals surface area contributed by atoms with Gasteiger partial charge in [-0.1, -0.05) is 42.5 Å². The number of halogens is 1. The predicted molar refractivity (Wildman–Crippen MR) is 125 cm³/mol. The van der Waals surface area contributed by atoms with Gasteiger partial charge >= 0.3 is 0 Å². The highest BCUT2D eigenvalue weighted by Gasteiger charge is 2.18. The van der Waals surface area contributed by atoms with Crippen LogP contribution < -0.4 is 16.6 Å². The Bertz CT molecular complexity index is 1240. The largest absolute Gasteiger partial charge is 0.355 e. The maximum absolute atomic E-state index is 13.5. The van der Waals surface area contributed by atoms with Crippen LogP contribution in [0.4, 0.5) is 10.3 Å². The lowest BCUT2D eigenvalue weighted by molar-refractivity contribution is 0.628. The second-order valence-electron chi connectivity index (χ2n) is 7.50. The standard InChI is InChI=1S/C25H24FN5O/c1-31-24(32)22(18-7-9-20(26)10-8-18)23(19-11-14-28-15-12-19)30-25(31)29-16-13-21(27)17-5-3-2-4-6-17/h2-12,14-15,21H,13,16,27H2,1H3,(H,29,30). The summed E-state index contributed by atoms with van der Waals surface area (Å²) in [5.41, 5.74) is 9.39. The number of pyridine rings is 1. The summed E-state index contributed by atoms with van der Waals surface area (Å²) >= 11 is 0. The monoisotopic (exact) mass is 429 g/mol. The number of benzene rings is 2. The van der Waals surface area contributed by atoms with Crippen LogP contribution in [0, 0.1) is 5.82 Å². The smallest absolute Gasteiger partial charge is 0.263 e. The Hall–Kier alpha value is -3.84. The number of rotatable bonds is 7. The lowest BCUT2D eigenvalue weighted by Gasteiger charge is -2.17. The fourth-order valence-electron chi connectivity index (χ4n) is 3.56. The molecule has 0 saturated carbocycles. The summed E-state index contributed by atoms with van der Waals surface area (Å²) in [7, 11) is 1.66. The highest BCUT2D eigenvalue weighted by atomic mass is 19.1. The van der Waals surface area contributed by atoms with Crippen molar-refractivity contribution < 1.29 is 4.39 Å². The fraction of sp³-hybridized carbons (Fsp3) is 0.160. The van der Waals surface area contributed by atoms with Gasteiger partial charge in [0, 0.05) is 37.6 Å². The van der Waals surface area contributed by atoms with E-state index in [0.29, 0.717) is 35.7 Å². The first-order chi connectivity index (χ1) is 15.5. The number of nitrogens with two attached hydrogens (primary N) is 1. The molecule has 0 amide bonds. The molecule has 0 spiro atoms. The molecule has 32 heavy (non-hydrogen) atoms. The number of aromatic nitrogens is 3. The Labute approximate surface area is 185 Å². The van der Waals surface area contributed by atoms with Gasteiger partial charge in [0.1, 0.15) is 5.82 Å². The minimum absolute atomic E-state index is 0.126. The summed E-state index contributed by atoms with van der Waals surface area (Å²) in [5.74, 6) is 0.0740. The molecule has 7 heteroatoms. The average molecular weight is 429 g/mol. The molecule has 2 aromatic carbocycles. The van der Waals surface area contributed by atoms with E-state index in [1.807, 2.05) is 30.3 Å². The molecule has 1 unspecified atom stereocenters. The van der Waals surface area contributed by atoms with Crippen LogP contribution in [0.25, 0.3) is 22.4 Å². The second kappa shape index (κ2) is 9.53. The normalized spacial score (nSPS) is 11.8. The van der Waals surface area contributed by atoms with Crippen molar-refractivity contribution in [2.24, 2.45) is 12.8 Å². The first-order valence-electron chi connectivity index (χ1n) is 10.4. The third-order valence-corrected chi connectivity index (χ3v) is 5.34. The van der Waals surface area contributed by atoms with E-state index in [4.69, 9.17) is 10.7 Å². The maximum Gasteiger partial charge on any atom is 0.263 e. The summed E-state index contributed by atoms with van der Waals surface area (Å²) in [6.07, 6.45) is 3.97. The van der Waals surface area contributed by atoms with E-state index in [0.717, 1.165) is 11.1 Å². The molecule has 0 radical (unpaired) electrons. The minimum Gasteiger partial charge on any atom is -0.355 e. The topological polar surface area (TPSA) is 85.8 Å². The Kier molecular flexibility index (Phi) is 6.37. The van der Waals surface area contributed by atoms with Crippen LogP contribution in [0.1, 0.15) is 18.0 Å². The lowest BCUT2D eigenvalue weighted by atomic mass is 10.0. The van der Waals surface area contributed by atoms with Gasteiger partial charge in [-0.25, -0.2) is 9.37 Å². The van der Waals surface area contributed by atoms with Gasteiger partial charge in [0.15, 0.2) is 0 Å². The van der Waals surface area contributed by atoms with E-state index in [1.54, 1.807) is 43.7 Å². The zero-order valence-electron chi connectivity index (χ0n) is 17.7. The van der Waals surface area contributed by atoms with Crippen molar-refractivity contribution in [3.63, 3.8) is 0 Å². The fourth-order valence-corrected chi connectivity index (χ4v) is 3.56. The summed E-state index contributed by atoms with van der Waals surface area (Å²) in [5, 5.41) is 3.25. The van der Waals surface area contributed by atoms with E-state index in [1.165, 1.54) is 16.7 Å². The molecule has 162 valence electrons. The summed E-state index contributed by atoms with van der Waals surface area (Å²) in [4.78, 5) is 22.2. The molecule has 0 fully saturated rings. The first kappa shape index (κ1) is 21.4. The van der Waals surface area contributed by atoms with Gasteiger partial charge in [0.25, 0.3) is 5.56 Å². The van der Waals surface area contributed by atoms with Gasteiger partial charge in [-0.2, -0.15) is 0 Å². The van der Waals surface area contributed by atoms with Crippen LogP contribution in [0.3, 0.4) is 0 Å².